The van der Waals surface area contributed by atoms with E-state index in [0.717, 1.165) is 116 Å². The number of rotatable bonds is 38. The number of likely N-dealkylation sites (tertiary alicyclic amines) is 1. The van der Waals surface area contributed by atoms with Gasteiger partial charge in [-0.1, -0.05) is 149 Å². The Kier molecular flexibility index (Phi) is 33.8. The van der Waals surface area contributed by atoms with Crippen molar-refractivity contribution >= 4 is 17.8 Å². The highest BCUT2D eigenvalue weighted by molar-refractivity contribution is 5.78. The number of nitrogens with zero attached hydrogens (tertiary/aromatic N) is 2. The summed E-state index contributed by atoms with van der Waals surface area (Å²) in [5, 5.41) is 0. The van der Waals surface area contributed by atoms with E-state index in [-0.39, 0.29) is 17.8 Å². The van der Waals surface area contributed by atoms with Crippen LogP contribution >= 0.6 is 0 Å². The van der Waals surface area contributed by atoms with E-state index in [2.05, 4.69) is 30.6 Å². The van der Waals surface area contributed by atoms with Gasteiger partial charge in [-0.25, -0.2) is 0 Å². The van der Waals surface area contributed by atoms with E-state index in [1.165, 1.54) is 103 Å². The van der Waals surface area contributed by atoms with Crippen LogP contribution in [0.4, 0.5) is 0 Å². The predicted octanol–water partition coefficient (Wildman–Crippen LogP) is 12.0. The van der Waals surface area contributed by atoms with Crippen LogP contribution in [0, 0.1) is 5.92 Å². The van der Waals surface area contributed by atoms with Gasteiger partial charge in [0.05, 0.1) is 19.8 Å². The van der Waals surface area contributed by atoms with Crippen molar-refractivity contribution in [3.63, 3.8) is 0 Å². The first kappa shape index (κ1) is 48.4. The number of esters is 2. The normalized spacial score (nSPS) is 13.2. The van der Waals surface area contributed by atoms with Crippen molar-refractivity contribution in [2.75, 3.05) is 45.9 Å². The molecule has 1 aliphatic rings. The number of hydrogen-bond acceptors (Lipinski definition) is 6. The maximum Gasteiger partial charge on any atom is 0.305 e. The molecular formula is C45H86N2O5. The first-order valence-electron chi connectivity index (χ1n) is 22.8. The lowest BCUT2D eigenvalue weighted by molar-refractivity contribution is -0.144. The summed E-state index contributed by atoms with van der Waals surface area (Å²) in [6.45, 7) is 12.2. The minimum absolute atomic E-state index is 0.0362. The van der Waals surface area contributed by atoms with E-state index in [9.17, 15) is 14.4 Å². The van der Waals surface area contributed by atoms with E-state index < -0.39 is 0 Å². The van der Waals surface area contributed by atoms with E-state index in [4.69, 9.17) is 9.47 Å². The summed E-state index contributed by atoms with van der Waals surface area (Å²) in [6, 6.07) is 0. The fraction of sp³-hybridized carbons (Fsp3) is 0.933. The Hall–Kier alpha value is -1.63. The summed E-state index contributed by atoms with van der Waals surface area (Å²) in [5.41, 5.74) is 0. The van der Waals surface area contributed by atoms with Gasteiger partial charge in [-0.3, -0.25) is 19.3 Å². The fourth-order valence-electron chi connectivity index (χ4n) is 7.54. The molecule has 0 radical (unpaired) electrons. The van der Waals surface area contributed by atoms with Gasteiger partial charge < -0.3 is 14.4 Å². The van der Waals surface area contributed by atoms with Gasteiger partial charge in [0.25, 0.3) is 0 Å². The van der Waals surface area contributed by atoms with E-state index in [1.807, 2.05) is 0 Å². The number of carbonyl (C=O) groups is 3. The zero-order valence-electron chi connectivity index (χ0n) is 34.9. The summed E-state index contributed by atoms with van der Waals surface area (Å²) < 4.78 is 11.0. The quantitative estimate of drug-likeness (QED) is 0.0464. The molecule has 7 heteroatoms. The minimum Gasteiger partial charge on any atom is -0.466 e. The lowest BCUT2D eigenvalue weighted by Gasteiger charge is -2.25. The Bertz CT molecular complexity index is 821. The third-order valence-corrected chi connectivity index (χ3v) is 11.0. The lowest BCUT2D eigenvalue weighted by atomic mass is 9.91. The Morgan fingerprint density at radius 3 is 1.42 bits per heavy atom. The number of amides is 1. The summed E-state index contributed by atoms with van der Waals surface area (Å²) in [7, 11) is 0. The molecule has 7 nitrogen and oxygen atoms in total. The minimum atomic E-state index is -0.0468. The van der Waals surface area contributed by atoms with Crippen LogP contribution in [0.3, 0.4) is 0 Å². The van der Waals surface area contributed by atoms with Gasteiger partial charge in [0.1, 0.15) is 0 Å². The van der Waals surface area contributed by atoms with Gasteiger partial charge in [-0.05, 0) is 76.8 Å². The smallest absolute Gasteiger partial charge is 0.305 e. The maximum absolute atomic E-state index is 13.2. The van der Waals surface area contributed by atoms with Crippen LogP contribution in [-0.4, -0.2) is 73.6 Å². The Balaban J connectivity index is 2.17. The molecule has 0 aromatic carbocycles. The first-order chi connectivity index (χ1) is 25.5. The monoisotopic (exact) mass is 735 g/mol. The van der Waals surface area contributed by atoms with Crippen LogP contribution in [0.2, 0.25) is 0 Å². The zero-order chi connectivity index (χ0) is 37.7. The molecule has 1 aliphatic heterocycles. The van der Waals surface area contributed by atoms with Gasteiger partial charge >= 0.3 is 11.9 Å². The average molecular weight is 735 g/mol. The molecular weight excluding hydrogens is 649 g/mol. The van der Waals surface area contributed by atoms with Gasteiger partial charge in [0, 0.05) is 25.9 Å². The largest absolute Gasteiger partial charge is 0.466 e. The van der Waals surface area contributed by atoms with Crippen LogP contribution < -0.4 is 0 Å². The van der Waals surface area contributed by atoms with Crippen LogP contribution in [0.15, 0.2) is 0 Å². The Morgan fingerprint density at radius 1 is 0.500 bits per heavy atom. The van der Waals surface area contributed by atoms with Crippen molar-refractivity contribution in [1.29, 1.82) is 0 Å². The van der Waals surface area contributed by atoms with Crippen LogP contribution in [0.5, 0.6) is 0 Å². The third-order valence-electron chi connectivity index (χ3n) is 11.0. The molecule has 0 saturated carbocycles. The molecule has 0 unspecified atom stereocenters. The molecule has 0 aliphatic carbocycles. The number of hydrogen-bond donors (Lipinski definition) is 0. The van der Waals surface area contributed by atoms with Crippen LogP contribution in [-0.2, 0) is 23.9 Å². The molecule has 306 valence electrons. The average Bonchev–Trinajstić information content (AvgIpc) is 3.65. The van der Waals surface area contributed by atoms with Crippen molar-refractivity contribution < 1.29 is 23.9 Å². The molecule has 1 saturated heterocycles. The van der Waals surface area contributed by atoms with Crippen molar-refractivity contribution in [2.24, 2.45) is 5.92 Å². The van der Waals surface area contributed by atoms with Crippen molar-refractivity contribution in [1.82, 2.24) is 9.80 Å². The molecule has 52 heavy (non-hydrogen) atoms. The highest BCUT2D eigenvalue weighted by Crippen LogP contribution is 2.22. The molecule has 0 N–H and O–H groups in total. The molecule has 0 atom stereocenters. The molecule has 1 fully saturated rings. The second-order valence-corrected chi connectivity index (χ2v) is 16.0. The number of carbonyl (C=O) groups excluding carboxylic acids is 3. The summed E-state index contributed by atoms with van der Waals surface area (Å²) in [5.74, 6) is 0.989. The van der Waals surface area contributed by atoms with Gasteiger partial charge in [-0.15, -0.1) is 0 Å². The molecule has 0 bridgehead atoms. The van der Waals surface area contributed by atoms with Crippen LogP contribution in [0.25, 0.3) is 0 Å². The van der Waals surface area contributed by atoms with Gasteiger partial charge in [0.2, 0.25) is 5.91 Å². The maximum atomic E-state index is 13.2. The lowest BCUT2D eigenvalue weighted by Crippen LogP contribution is -2.40. The number of unbranched alkanes of at least 4 members (excludes halogenated alkanes) is 18. The zero-order valence-corrected chi connectivity index (χ0v) is 34.9. The summed E-state index contributed by atoms with van der Waals surface area (Å²) >= 11 is 0. The molecule has 1 amide bonds. The van der Waals surface area contributed by atoms with Gasteiger partial charge in [0.15, 0.2) is 0 Å². The van der Waals surface area contributed by atoms with Crippen molar-refractivity contribution in [2.45, 2.75) is 220 Å². The molecule has 0 aromatic heterocycles. The van der Waals surface area contributed by atoms with E-state index in [1.54, 1.807) is 0 Å². The highest BCUT2D eigenvalue weighted by Gasteiger charge is 2.19. The Labute approximate surface area is 322 Å². The molecule has 0 aromatic rings. The van der Waals surface area contributed by atoms with Crippen molar-refractivity contribution in [3.05, 3.63) is 0 Å². The first-order valence-corrected chi connectivity index (χ1v) is 22.8. The molecule has 1 heterocycles. The predicted molar refractivity (Wildman–Crippen MR) is 219 cm³/mol. The second kappa shape index (κ2) is 36.4. The summed E-state index contributed by atoms with van der Waals surface area (Å²) in [6.07, 6.45) is 35.1. The SMILES string of the molecule is CCCCCCCCCOC(=O)CCCCCCCN(CCCCCCCC(=O)OCCCC(CCCCC)CCCCC)C(=O)CN1CCCC1. The number of ether oxygens (including phenoxy) is 2. The van der Waals surface area contributed by atoms with Crippen molar-refractivity contribution in [3.8, 4) is 0 Å². The van der Waals surface area contributed by atoms with E-state index in [0.29, 0.717) is 32.6 Å². The standard InChI is InChI=1S/C45H86N2O5/c1-4-7-10-11-12-19-28-39-51-44(49)33-22-15-13-17-24-37-47(43(48)41-46-35-26-27-36-46)38-25-18-14-16-23-34-45(50)52-40-29-32-42(30-20-8-5-2)31-21-9-6-3/h42H,4-41H2,1-3H3. The second-order valence-electron chi connectivity index (χ2n) is 16.0. The third kappa shape index (κ3) is 29.8. The Morgan fingerprint density at radius 2 is 0.904 bits per heavy atom. The molecule has 1 rings (SSSR count). The highest BCUT2D eigenvalue weighted by atomic mass is 16.5. The van der Waals surface area contributed by atoms with Crippen LogP contribution in [0.1, 0.15) is 220 Å². The summed E-state index contributed by atoms with van der Waals surface area (Å²) in [4.78, 5) is 42.0. The topological polar surface area (TPSA) is 76.1 Å². The molecule has 0 spiro atoms. The fourth-order valence-corrected chi connectivity index (χ4v) is 7.54. The van der Waals surface area contributed by atoms with Gasteiger partial charge in [-0.2, -0.15) is 0 Å². The van der Waals surface area contributed by atoms with E-state index >= 15 is 0 Å².